The molecule has 0 saturated carbocycles. The van der Waals surface area contributed by atoms with E-state index in [9.17, 15) is 5.11 Å². The molecule has 0 saturated heterocycles. The minimum atomic E-state index is -0.0636. The van der Waals surface area contributed by atoms with Crippen LogP contribution in [-0.2, 0) is 0 Å². The first-order chi connectivity index (χ1) is 8.98. The van der Waals surface area contributed by atoms with Crippen molar-refractivity contribution in [2.45, 2.75) is 26.7 Å². The lowest BCUT2D eigenvalue weighted by atomic mass is 9.83. The SMILES string of the molecule is CCC(CC)(CO)CNc1cc(Cl)ccc1N(C)C. The van der Waals surface area contributed by atoms with Crippen molar-refractivity contribution in [3.63, 3.8) is 0 Å². The van der Waals surface area contributed by atoms with Crippen LogP contribution in [0.5, 0.6) is 0 Å². The minimum absolute atomic E-state index is 0.0636. The van der Waals surface area contributed by atoms with E-state index in [-0.39, 0.29) is 12.0 Å². The van der Waals surface area contributed by atoms with Gasteiger partial charge < -0.3 is 15.3 Å². The van der Waals surface area contributed by atoms with Gasteiger partial charge in [-0.15, -0.1) is 0 Å². The fourth-order valence-corrected chi connectivity index (χ4v) is 2.27. The average molecular weight is 285 g/mol. The van der Waals surface area contributed by atoms with Crippen LogP contribution in [0.1, 0.15) is 26.7 Å². The molecule has 4 heteroatoms. The van der Waals surface area contributed by atoms with Gasteiger partial charge >= 0.3 is 0 Å². The van der Waals surface area contributed by atoms with E-state index >= 15 is 0 Å². The van der Waals surface area contributed by atoms with Gasteiger partial charge in [-0.05, 0) is 31.0 Å². The van der Waals surface area contributed by atoms with Crippen molar-refractivity contribution in [3.05, 3.63) is 23.2 Å². The van der Waals surface area contributed by atoms with E-state index in [2.05, 4.69) is 24.1 Å². The third-order valence-electron chi connectivity index (χ3n) is 3.93. The summed E-state index contributed by atoms with van der Waals surface area (Å²) < 4.78 is 0. The van der Waals surface area contributed by atoms with Gasteiger partial charge in [0.2, 0.25) is 0 Å². The fourth-order valence-electron chi connectivity index (χ4n) is 2.10. The Kier molecular flexibility index (Phi) is 5.95. The van der Waals surface area contributed by atoms with Gasteiger partial charge in [-0.25, -0.2) is 0 Å². The summed E-state index contributed by atoms with van der Waals surface area (Å²) in [6.45, 7) is 5.18. The molecule has 0 amide bonds. The van der Waals surface area contributed by atoms with Crippen LogP contribution in [0.15, 0.2) is 18.2 Å². The van der Waals surface area contributed by atoms with Crippen LogP contribution in [0.2, 0.25) is 5.02 Å². The smallest absolute Gasteiger partial charge is 0.0597 e. The van der Waals surface area contributed by atoms with Gasteiger partial charge in [-0.2, -0.15) is 0 Å². The zero-order valence-corrected chi connectivity index (χ0v) is 13.1. The van der Waals surface area contributed by atoms with Crippen molar-refractivity contribution in [1.29, 1.82) is 0 Å². The van der Waals surface area contributed by atoms with Crippen LogP contribution in [0.4, 0.5) is 11.4 Å². The zero-order chi connectivity index (χ0) is 14.5. The highest BCUT2D eigenvalue weighted by molar-refractivity contribution is 6.31. The Hall–Kier alpha value is -0.930. The molecular weight excluding hydrogens is 260 g/mol. The second kappa shape index (κ2) is 7.01. The summed E-state index contributed by atoms with van der Waals surface area (Å²) in [7, 11) is 4.01. The van der Waals surface area contributed by atoms with Gasteiger partial charge in [0.25, 0.3) is 0 Å². The molecule has 19 heavy (non-hydrogen) atoms. The van der Waals surface area contributed by atoms with E-state index in [0.717, 1.165) is 35.8 Å². The molecule has 0 atom stereocenters. The van der Waals surface area contributed by atoms with Gasteiger partial charge in [0.1, 0.15) is 0 Å². The third-order valence-corrected chi connectivity index (χ3v) is 4.16. The van der Waals surface area contributed by atoms with Crippen molar-refractivity contribution >= 4 is 23.0 Å². The van der Waals surface area contributed by atoms with Crippen molar-refractivity contribution in [3.8, 4) is 0 Å². The number of rotatable bonds is 7. The fraction of sp³-hybridized carbons (Fsp3) is 0.600. The number of benzene rings is 1. The van der Waals surface area contributed by atoms with Gasteiger partial charge in [0, 0.05) is 31.1 Å². The maximum Gasteiger partial charge on any atom is 0.0597 e. The van der Waals surface area contributed by atoms with E-state index in [1.807, 2.05) is 32.3 Å². The molecule has 1 rings (SSSR count). The largest absolute Gasteiger partial charge is 0.396 e. The molecule has 0 aliphatic carbocycles. The van der Waals surface area contributed by atoms with Crippen molar-refractivity contribution in [2.24, 2.45) is 5.41 Å². The predicted octanol–water partition coefficient (Wildman–Crippen LogP) is 3.62. The number of halogens is 1. The van der Waals surface area contributed by atoms with Crippen molar-refractivity contribution in [1.82, 2.24) is 0 Å². The summed E-state index contributed by atoms with van der Waals surface area (Å²) in [5.74, 6) is 0. The van der Waals surface area contributed by atoms with E-state index in [1.165, 1.54) is 0 Å². The van der Waals surface area contributed by atoms with Crippen LogP contribution in [0, 0.1) is 5.41 Å². The monoisotopic (exact) mass is 284 g/mol. The molecule has 0 spiro atoms. The highest BCUT2D eigenvalue weighted by Crippen LogP contribution is 2.31. The number of hydrogen-bond acceptors (Lipinski definition) is 3. The quantitative estimate of drug-likeness (QED) is 0.803. The standard InChI is InChI=1S/C15H25ClN2O/c1-5-15(6-2,11-19)10-17-13-9-12(16)7-8-14(13)18(3)4/h7-9,17,19H,5-6,10-11H2,1-4H3. The number of nitrogens with zero attached hydrogens (tertiary/aromatic N) is 1. The normalized spacial score (nSPS) is 11.5. The Morgan fingerprint density at radius 1 is 1.26 bits per heavy atom. The molecule has 0 fully saturated rings. The first kappa shape index (κ1) is 16.1. The second-order valence-electron chi connectivity index (χ2n) is 5.27. The van der Waals surface area contributed by atoms with Gasteiger partial charge in [0.05, 0.1) is 18.0 Å². The minimum Gasteiger partial charge on any atom is -0.396 e. The molecule has 2 N–H and O–H groups in total. The van der Waals surface area contributed by atoms with Crippen LogP contribution < -0.4 is 10.2 Å². The van der Waals surface area contributed by atoms with Crippen LogP contribution in [0.25, 0.3) is 0 Å². The Morgan fingerprint density at radius 3 is 2.37 bits per heavy atom. The molecule has 0 aliphatic heterocycles. The molecule has 0 radical (unpaired) electrons. The lowest BCUT2D eigenvalue weighted by Gasteiger charge is -2.31. The van der Waals surface area contributed by atoms with Crippen molar-refractivity contribution < 1.29 is 5.11 Å². The van der Waals surface area contributed by atoms with E-state index in [1.54, 1.807) is 0 Å². The molecule has 0 aliphatic rings. The number of hydrogen-bond donors (Lipinski definition) is 2. The van der Waals surface area contributed by atoms with E-state index in [4.69, 9.17) is 11.6 Å². The maximum absolute atomic E-state index is 9.61. The summed E-state index contributed by atoms with van der Waals surface area (Å²) in [4.78, 5) is 2.05. The summed E-state index contributed by atoms with van der Waals surface area (Å²) in [5, 5.41) is 13.8. The number of anilines is 2. The molecule has 0 unspecified atom stereocenters. The number of aliphatic hydroxyl groups is 1. The Balaban J connectivity index is 2.90. The maximum atomic E-state index is 9.61. The average Bonchev–Trinajstić information content (AvgIpc) is 2.40. The summed E-state index contributed by atoms with van der Waals surface area (Å²) in [6, 6.07) is 5.83. The molecule has 0 heterocycles. The van der Waals surface area contributed by atoms with Gasteiger partial charge in [-0.1, -0.05) is 25.4 Å². The molecule has 0 aromatic heterocycles. The van der Waals surface area contributed by atoms with Crippen LogP contribution in [0.3, 0.4) is 0 Å². The second-order valence-corrected chi connectivity index (χ2v) is 5.71. The predicted molar refractivity (Wildman–Crippen MR) is 84.4 cm³/mol. The molecule has 0 bridgehead atoms. The lowest BCUT2D eigenvalue weighted by Crippen LogP contribution is -2.32. The molecule has 1 aromatic rings. The number of aliphatic hydroxyl groups excluding tert-OH is 1. The molecular formula is C15H25ClN2O. The highest BCUT2D eigenvalue weighted by Gasteiger charge is 2.25. The van der Waals surface area contributed by atoms with E-state index in [0.29, 0.717) is 0 Å². The van der Waals surface area contributed by atoms with Crippen LogP contribution >= 0.6 is 11.6 Å². The first-order valence-electron chi connectivity index (χ1n) is 6.79. The Morgan fingerprint density at radius 2 is 1.89 bits per heavy atom. The summed E-state index contributed by atoms with van der Waals surface area (Å²) in [6.07, 6.45) is 1.90. The topological polar surface area (TPSA) is 35.5 Å². The molecule has 108 valence electrons. The third kappa shape index (κ3) is 4.02. The first-order valence-corrected chi connectivity index (χ1v) is 7.17. The summed E-state index contributed by atoms with van der Waals surface area (Å²) in [5.41, 5.74) is 2.05. The Bertz CT molecular complexity index is 395. The number of nitrogens with one attached hydrogen (secondary N) is 1. The Labute approximate surface area is 121 Å². The van der Waals surface area contributed by atoms with Gasteiger partial charge in [-0.3, -0.25) is 0 Å². The lowest BCUT2D eigenvalue weighted by molar-refractivity contribution is 0.127. The van der Waals surface area contributed by atoms with Crippen LogP contribution in [-0.4, -0.2) is 32.4 Å². The highest BCUT2D eigenvalue weighted by atomic mass is 35.5. The molecule has 1 aromatic carbocycles. The van der Waals surface area contributed by atoms with Gasteiger partial charge in [0.15, 0.2) is 0 Å². The molecule has 3 nitrogen and oxygen atoms in total. The van der Waals surface area contributed by atoms with Crippen molar-refractivity contribution in [2.75, 3.05) is 37.5 Å². The summed E-state index contributed by atoms with van der Waals surface area (Å²) >= 11 is 6.07. The van der Waals surface area contributed by atoms with E-state index < -0.39 is 0 Å². The zero-order valence-electron chi connectivity index (χ0n) is 12.3.